The van der Waals surface area contributed by atoms with Gasteiger partial charge in [0, 0.05) is 0 Å². The van der Waals surface area contributed by atoms with Crippen LogP contribution in [0.2, 0.25) is 0 Å². The van der Waals surface area contributed by atoms with Gasteiger partial charge in [0.1, 0.15) is 0 Å². The maximum Gasteiger partial charge on any atom is 0.0597 e. The zero-order valence-electron chi connectivity index (χ0n) is 10.6. The van der Waals surface area contributed by atoms with Gasteiger partial charge in [-0.1, -0.05) is 38.7 Å². The zero-order valence-corrected chi connectivity index (χ0v) is 10.6. The molecule has 1 atom stereocenters. The van der Waals surface area contributed by atoms with Crippen molar-refractivity contribution in [2.24, 2.45) is 5.92 Å². The van der Waals surface area contributed by atoms with Crippen molar-refractivity contribution in [1.29, 1.82) is 5.41 Å². The van der Waals surface area contributed by atoms with Gasteiger partial charge in [0.05, 0.1) is 5.71 Å². The summed E-state index contributed by atoms with van der Waals surface area (Å²) in [7, 11) is 0. The summed E-state index contributed by atoms with van der Waals surface area (Å²) in [5.74, 6) is 0.425. The van der Waals surface area contributed by atoms with Crippen LogP contribution in [0.3, 0.4) is 0 Å². The molecule has 1 rings (SSSR count). The Bertz CT molecular complexity index is 320. The van der Waals surface area contributed by atoms with E-state index in [2.05, 4.69) is 38.7 Å². The summed E-state index contributed by atoms with van der Waals surface area (Å²) in [5, 5.41) is 8.20. The summed E-state index contributed by atoms with van der Waals surface area (Å²) in [5.41, 5.74) is 2.87. The second-order valence-electron chi connectivity index (χ2n) is 4.54. The Morgan fingerprint density at radius 3 is 2.94 bits per heavy atom. The van der Waals surface area contributed by atoms with Crippen LogP contribution >= 0.6 is 0 Å². The van der Waals surface area contributed by atoms with E-state index in [1.807, 2.05) is 0 Å². The third-order valence-corrected chi connectivity index (χ3v) is 3.33. The molecule has 0 spiro atoms. The van der Waals surface area contributed by atoms with Crippen molar-refractivity contribution in [2.45, 2.75) is 46.0 Å². The highest BCUT2D eigenvalue weighted by molar-refractivity contribution is 6.10. The quantitative estimate of drug-likeness (QED) is 0.523. The van der Waals surface area contributed by atoms with Crippen molar-refractivity contribution in [1.82, 2.24) is 0 Å². The van der Waals surface area contributed by atoms with E-state index in [1.165, 1.54) is 5.57 Å². The molecule has 0 radical (unpaired) electrons. The van der Waals surface area contributed by atoms with Crippen LogP contribution in [0.1, 0.15) is 46.0 Å². The van der Waals surface area contributed by atoms with Gasteiger partial charge < -0.3 is 5.41 Å². The van der Waals surface area contributed by atoms with E-state index >= 15 is 0 Å². The largest absolute Gasteiger partial charge is 0.300 e. The number of allylic oxidation sites excluding steroid dienone is 5. The highest BCUT2D eigenvalue weighted by Gasteiger charge is 2.13. The van der Waals surface area contributed by atoms with Gasteiger partial charge in [0.25, 0.3) is 0 Å². The lowest BCUT2D eigenvalue weighted by Gasteiger charge is -2.17. The molecule has 0 heterocycles. The number of rotatable bonds is 4. The first-order valence-corrected chi connectivity index (χ1v) is 6.29. The van der Waals surface area contributed by atoms with Crippen molar-refractivity contribution < 1.29 is 0 Å². The highest BCUT2D eigenvalue weighted by atomic mass is 14.4. The van der Waals surface area contributed by atoms with Gasteiger partial charge in [-0.3, -0.25) is 0 Å². The highest BCUT2D eigenvalue weighted by Crippen LogP contribution is 2.22. The minimum Gasteiger partial charge on any atom is -0.300 e. The van der Waals surface area contributed by atoms with Gasteiger partial charge in [-0.2, -0.15) is 0 Å². The van der Waals surface area contributed by atoms with Gasteiger partial charge in [-0.15, -0.1) is 0 Å². The normalized spacial score (nSPS) is 18.2. The fourth-order valence-corrected chi connectivity index (χ4v) is 1.86. The van der Waals surface area contributed by atoms with Gasteiger partial charge in [-0.25, -0.2) is 0 Å². The zero-order chi connectivity index (χ0) is 12.0. The summed E-state index contributed by atoms with van der Waals surface area (Å²) < 4.78 is 0. The minimum atomic E-state index is 0.425. The van der Waals surface area contributed by atoms with Crippen LogP contribution in [0.4, 0.5) is 0 Å². The molecule has 0 fully saturated rings. The standard InChI is InChI=1S/C15H23N/c1-4-12(2)13(3)15(16)14-10-8-6-5-7-9-11-14/h5-6,10,12,16H,3-4,7-9,11H2,1-2H3. The van der Waals surface area contributed by atoms with Gasteiger partial charge in [0.15, 0.2) is 0 Å². The van der Waals surface area contributed by atoms with Crippen LogP contribution in [0.15, 0.2) is 36.0 Å². The van der Waals surface area contributed by atoms with Crippen LogP contribution in [0.25, 0.3) is 0 Å². The van der Waals surface area contributed by atoms with Crippen molar-refractivity contribution in [3.63, 3.8) is 0 Å². The molecule has 0 aromatic heterocycles. The topological polar surface area (TPSA) is 23.9 Å². The Balaban J connectivity index is 2.71. The summed E-state index contributed by atoms with van der Waals surface area (Å²) >= 11 is 0. The van der Waals surface area contributed by atoms with Crippen molar-refractivity contribution in [3.05, 3.63) is 36.0 Å². The Hall–Kier alpha value is -1.11. The van der Waals surface area contributed by atoms with Crippen LogP contribution < -0.4 is 0 Å². The molecule has 1 aliphatic rings. The first kappa shape index (κ1) is 13.0. The van der Waals surface area contributed by atoms with Crippen molar-refractivity contribution in [3.8, 4) is 0 Å². The second kappa shape index (κ2) is 6.47. The lowest BCUT2D eigenvalue weighted by molar-refractivity contribution is 0.678. The Kier molecular flexibility index (Phi) is 5.24. The molecule has 1 aliphatic carbocycles. The molecule has 1 nitrogen and oxygen atoms in total. The summed E-state index contributed by atoms with van der Waals surface area (Å²) in [4.78, 5) is 0. The maximum atomic E-state index is 8.20. The maximum absolute atomic E-state index is 8.20. The van der Waals surface area contributed by atoms with Crippen molar-refractivity contribution >= 4 is 5.71 Å². The Labute approximate surface area is 99.5 Å². The smallest absolute Gasteiger partial charge is 0.0597 e. The molecule has 0 bridgehead atoms. The van der Waals surface area contributed by atoms with Crippen LogP contribution in [-0.4, -0.2) is 5.71 Å². The average molecular weight is 217 g/mol. The molecule has 0 aromatic rings. The number of nitrogens with one attached hydrogen (secondary N) is 1. The van der Waals surface area contributed by atoms with E-state index < -0.39 is 0 Å². The van der Waals surface area contributed by atoms with Gasteiger partial charge in [-0.05, 0) is 49.2 Å². The van der Waals surface area contributed by atoms with Crippen molar-refractivity contribution in [2.75, 3.05) is 0 Å². The van der Waals surface area contributed by atoms with E-state index in [4.69, 9.17) is 5.41 Å². The fourth-order valence-electron chi connectivity index (χ4n) is 1.86. The molecular formula is C15H23N. The Morgan fingerprint density at radius 2 is 2.25 bits per heavy atom. The SMILES string of the molecule is C=C(C(=N)C1=CCC=CCCC1)C(C)CC. The van der Waals surface area contributed by atoms with Crippen LogP contribution in [-0.2, 0) is 0 Å². The molecular weight excluding hydrogens is 194 g/mol. The van der Waals surface area contributed by atoms with Crippen LogP contribution in [0.5, 0.6) is 0 Å². The third kappa shape index (κ3) is 3.48. The van der Waals surface area contributed by atoms with E-state index in [0.29, 0.717) is 11.6 Å². The molecule has 0 saturated carbocycles. The summed E-state index contributed by atoms with van der Waals surface area (Å²) in [6.07, 6.45) is 12.0. The molecule has 0 aliphatic heterocycles. The van der Waals surface area contributed by atoms with E-state index in [1.54, 1.807) is 0 Å². The predicted octanol–water partition coefficient (Wildman–Crippen LogP) is 4.67. The third-order valence-electron chi connectivity index (χ3n) is 3.33. The first-order valence-electron chi connectivity index (χ1n) is 6.29. The van der Waals surface area contributed by atoms with Gasteiger partial charge in [0.2, 0.25) is 0 Å². The predicted molar refractivity (Wildman–Crippen MR) is 72.0 cm³/mol. The molecule has 0 amide bonds. The molecule has 1 N–H and O–H groups in total. The van der Waals surface area contributed by atoms with E-state index in [0.717, 1.165) is 37.7 Å². The van der Waals surface area contributed by atoms with E-state index in [-0.39, 0.29) is 0 Å². The Morgan fingerprint density at radius 1 is 1.50 bits per heavy atom. The minimum absolute atomic E-state index is 0.425. The second-order valence-corrected chi connectivity index (χ2v) is 4.54. The fraction of sp³-hybridized carbons (Fsp3) is 0.533. The number of hydrogen-bond acceptors (Lipinski definition) is 1. The van der Waals surface area contributed by atoms with Crippen LogP contribution in [0, 0.1) is 11.3 Å². The first-order chi connectivity index (χ1) is 7.66. The molecule has 16 heavy (non-hydrogen) atoms. The monoisotopic (exact) mass is 217 g/mol. The lowest BCUT2D eigenvalue weighted by Crippen LogP contribution is -2.11. The summed E-state index contributed by atoms with van der Waals surface area (Å²) in [6.45, 7) is 8.38. The average Bonchev–Trinajstić information content (AvgIpc) is 2.26. The molecule has 88 valence electrons. The molecule has 1 unspecified atom stereocenters. The molecule has 0 saturated heterocycles. The lowest BCUT2D eigenvalue weighted by atomic mass is 9.89. The van der Waals surface area contributed by atoms with Gasteiger partial charge >= 0.3 is 0 Å². The summed E-state index contributed by atoms with van der Waals surface area (Å²) in [6, 6.07) is 0. The molecule has 0 aromatic carbocycles. The van der Waals surface area contributed by atoms with E-state index in [9.17, 15) is 0 Å². The number of hydrogen-bond donors (Lipinski definition) is 1. The molecule has 1 heteroatoms.